The van der Waals surface area contributed by atoms with Gasteiger partial charge in [0.15, 0.2) is 9.50 Å². The zero-order valence-corrected chi connectivity index (χ0v) is 10.1. The van der Waals surface area contributed by atoms with Gasteiger partial charge in [0.2, 0.25) is 0 Å². The molecule has 2 aromatic rings. The Balaban J connectivity index is 2.15. The zero-order chi connectivity index (χ0) is 9.10. The van der Waals surface area contributed by atoms with E-state index < -0.39 is 0 Å². The largest absolute Gasteiger partial charge is 0.238 e. The van der Waals surface area contributed by atoms with Crippen LogP contribution in [0.25, 0.3) is 0 Å². The summed E-state index contributed by atoms with van der Waals surface area (Å²) in [7, 11) is 0. The fourth-order valence-electron chi connectivity index (χ4n) is 0.692. The molecule has 0 aliphatic carbocycles. The first-order chi connectivity index (χ1) is 6.34. The number of nitrogens with zero attached hydrogens (tertiary/aromatic N) is 3. The van der Waals surface area contributed by atoms with Crippen LogP contribution in [-0.4, -0.2) is 15.0 Å². The number of thiazole rings is 1. The molecule has 0 spiro atoms. The van der Waals surface area contributed by atoms with Gasteiger partial charge in [0.05, 0.1) is 0 Å². The summed E-state index contributed by atoms with van der Waals surface area (Å²) in [4.78, 5) is 12.5. The van der Waals surface area contributed by atoms with Crippen molar-refractivity contribution >= 4 is 45.7 Å². The standard InChI is InChI=1S/C7H4IN3S2/c8-5-3-10-6(11-4-5)13-7-9-1-2-12-7/h1-4H. The molecule has 0 radical (unpaired) electrons. The molecule has 2 aromatic heterocycles. The SMILES string of the molecule is Ic1cnc(Sc2nccs2)nc1. The highest BCUT2D eigenvalue weighted by atomic mass is 127. The smallest absolute Gasteiger partial charge is 0.194 e. The van der Waals surface area contributed by atoms with Crippen molar-refractivity contribution < 1.29 is 0 Å². The first-order valence-corrected chi connectivity index (χ1v) is 6.17. The van der Waals surface area contributed by atoms with Crippen LogP contribution in [0.1, 0.15) is 0 Å². The van der Waals surface area contributed by atoms with E-state index in [9.17, 15) is 0 Å². The molecule has 0 N–H and O–H groups in total. The summed E-state index contributed by atoms with van der Waals surface area (Å²) in [5, 5.41) is 2.69. The van der Waals surface area contributed by atoms with Gasteiger partial charge >= 0.3 is 0 Å². The van der Waals surface area contributed by atoms with E-state index in [4.69, 9.17) is 0 Å². The summed E-state index contributed by atoms with van der Waals surface area (Å²) in [6.45, 7) is 0. The van der Waals surface area contributed by atoms with Gasteiger partial charge in [-0.2, -0.15) is 0 Å². The van der Waals surface area contributed by atoms with Crippen LogP contribution < -0.4 is 0 Å². The van der Waals surface area contributed by atoms with Crippen molar-refractivity contribution in [3.8, 4) is 0 Å². The number of aromatic nitrogens is 3. The number of rotatable bonds is 2. The molecule has 0 aliphatic heterocycles. The van der Waals surface area contributed by atoms with Crippen molar-refractivity contribution in [3.63, 3.8) is 0 Å². The maximum Gasteiger partial charge on any atom is 0.194 e. The molecular weight excluding hydrogens is 317 g/mol. The zero-order valence-electron chi connectivity index (χ0n) is 6.35. The van der Waals surface area contributed by atoms with Crippen LogP contribution in [0.3, 0.4) is 0 Å². The van der Waals surface area contributed by atoms with Gasteiger partial charge in [-0.25, -0.2) is 15.0 Å². The maximum absolute atomic E-state index is 4.16. The molecule has 13 heavy (non-hydrogen) atoms. The molecule has 0 aliphatic rings. The molecule has 2 rings (SSSR count). The van der Waals surface area contributed by atoms with Gasteiger partial charge in [-0.05, 0) is 34.4 Å². The quantitative estimate of drug-likeness (QED) is 0.630. The van der Waals surface area contributed by atoms with Crippen molar-refractivity contribution in [1.29, 1.82) is 0 Å². The Hall–Kier alpha value is -0.210. The molecule has 66 valence electrons. The lowest BCUT2D eigenvalue weighted by atomic mass is 10.7. The van der Waals surface area contributed by atoms with Crippen molar-refractivity contribution in [3.05, 3.63) is 27.5 Å². The number of hydrogen-bond acceptors (Lipinski definition) is 5. The van der Waals surface area contributed by atoms with Gasteiger partial charge in [-0.1, -0.05) is 0 Å². The van der Waals surface area contributed by atoms with Crippen LogP contribution in [-0.2, 0) is 0 Å². The molecule has 2 heterocycles. The van der Waals surface area contributed by atoms with Crippen LogP contribution in [0.4, 0.5) is 0 Å². The van der Waals surface area contributed by atoms with Crippen molar-refractivity contribution in [2.45, 2.75) is 9.50 Å². The van der Waals surface area contributed by atoms with Crippen molar-refractivity contribution in [1.82, 2.24) is 15.0 Å². The van der Waals surface area contributed by atoms with Crippen LogP contribution in [0.2, 0.25) is 0 Å². The van der Waals surface area contributed by atoms with Crippen LogP contribution >= 0.6 is 45.7 Å². The van der Waals surface area contributed by atoms with E-state index in [1.54, 1.807) is 29.9 Å². The molecule has 3 nitrogen and oxygen atoms in total. The summed E-state index contributed by atoms with van der Waals surface area (Å²) in [5.74, 6) is 0. The highest BCUT2D eigenvalue weighted by Gasteiger charge is 2.01. The predicted octanol–water partition coefficient (Wildman–Crippen LogP) is 2.69. The van der Waals surface area contributed by atoms with Crippen molar-refractivity contribution in [2.24, 2.45) is 0 Å². The lowest BCUT2D eigenvalue weighted by Gasteiger charge is -1.94. The summed E-state index contributed by atoms with van der Waals surface area (Å²) in [5.41, 5.74) is 0. The first kappa shape index (κ1) is 9.35. The highest BCUT2D eigenvalue weighted by molar-refractivity contribution is 14.1. The van der Waals surface area contributed by atoms with E-state index in [1.807, 2.05) is 5.38 Å². The Kier molecular flexibility index (Phi) is 3.12. The van der Waals surface area contributed by atoms with E-state index >= 15 is 0 Å². The molecule has 0 saturated carbocycles. The van der Waals surface area contributed by atoms with Gasteiger partial charge in [0, 0.05) is 27.5 Å². The molecule has 6 heteroatoms. The Labute approximate surface area is 97.2 Å². The lowest BCUT2D eigenvalue weighted by Crippen LogP contribution is -1.85. The summed E-state index contributed by atoms with van der Waals surface area (Å²) >= 11 is 5.26. The Bertz CT molecular complexity index is 373. The van der Waals surface area contributed by atoms with Gasteiger partial charge in [-0.3, -0.25) is 0 Å². The lowest BCUT2D eigenvalue weighted by molar-refractivity contribution is 0.956. The van der Waals surface area contributed by atoms with Crippen molar-refractivity contribution in [2.75, 3.05) is 0 Å². The number of hydrogen-bond donors (Lipinski definition) is 0. The Morgan fingerprint density at radius 3 is 2.62 bits per heavy atom. The monoisotopic (exact) mass is 321 g/mol. The van der Waals surface area contributed by atoms with E-state index in [0.717, 1.165) is 13.1 Å². The third kappa shape index (κ3) is 2.61. The minimum Gasteiger partial charge on any atom is -0.238 e. The third-order valence-corrected chi connectivity index (χ3v) is 3.52. The topological polar surface area (TPSA) is 38.7 Å². The summed E-state index contributed by atoms with van der Waals surface area (Å²) < 4.78 is 2.02. The maximum atomic E-state index is 4.16. The average molecular weight is 321 g/mol. The summed E-state index contributed by atoms with van der Waals surface area (Å²) in [6, 6.07) is 0. The third-order valence-electron chi connectivity index (χ3n) is 1.18. The molecule has 0 saturated heterocycles. The van der Waals surface area contributed by atoms with Crippen LogP contribution in [0, 0.1) is 3.57 Å². The molecule has 0 amide bonds. The molecule has 0 fully saturated rings. The second-order valence-corrected chi connectivity index (χ2v) is 5.44. The minimum atomic E-state index is 0.746. The van der Waals surface area contributed by atoms with E-state index in [-0.39, 0.29) is 0 Å². The first-order valence-electron chi connectivity index (χ1n) is 3.39. The molecular formula is C7H4IN3S2. The molecule has 0 unspecified atom stereocenters. The molecule has 0 aromatic carbocycles. The fraction of sp³-hybridized carbons (Fsp3) is 0. The van der Waals surface area contributed by atoms with Crippen LogP contribution in [0.15, 0.2) is 33.5 Å². The van der Waals surface area contributed by atoms with E-state index in [0.29, 0.717) is 0 Å². The molecule has 0 atom stereocenters. The Morgan fingerprint density at radius 1 is 1.23 bits per heavy atom. The fourth-order valence-corrected chi connectivity index (χ4v) is 2.39. The van der Waals surface area contributed by atoms with Gasteiger partial charge in [-0.15, -0.1) is 11.3 Å². The minimum absolute atomic E-state index is 0.746. The van der Waals surface area contributed by atoms with Crippen LogP contribution in [0.5, 0.6) is 0 Å². The van der Waals surface area contributed by atoms with Gasteiger partial charge < -0.3 is 0 Å². The summed E-state index contributed by atoms with van der Waals surface area (Å²) in [6.07, 6.45) is 5.37. The number of halogens is 1. The van der Waals surface area contributed by atoms with Gasteiger partial charge in [0.1, 0.15) is 0 Å². The highest BCUT2D eigenvalue weighted by Crippen LogP contribution is 2.25. The van der Waals surface area contributed by atoms with E-state index in [2.05, 4.69) is 37.5 Å². The predicted molar refractivity (Wildman–Crippen MR) is 61.0 cm³/mol. The second-order valence-electron chi connectivity index (χ2n) is 2.08. The Morgan fingerprint density at radius 2 is 2.00 bits per heavy atom. The van der Waals surface area contributed by atoms with E-state index in [1.165, 1.54) is 11.8 Å². The second kappa shape index (κ2) is 4.34. The van der Waals surface area contributed by atoms with Gasteiger partial charge in [0.25, 0.3) is 0 Å². The average Bonchev–Trinajstić information content (AvgIpc) is 2.62. The normalized spacial score (nSPS) is 10.2. The molecule has 0 bridgehead atoms.